The van der Waals surface area contributed by atoms with Crippen molar-refractivity contribution in [3.63, 3.8) is 0 Å². The summed E-state index contributed by atoms with van der Waals surface area (Å²) in [5, 5.41) is 46.5. The van der Waals surface area contributed by atoms with Gasteiger partial charge in [-0.15, -0.1) is 0 Å². The lowest BCUT2D eigenvalue weighted by Gasteiger charge is -2.50. The highest BCUT2D eigenvalue weighted by molar-refractivity contribution is 6.25. The summed E-state index contributed by atoms with van der Waals surface area (Å²) in [5.74, 6) is -7.91. The predicted octanol–water partition coefficient (Wildman–Crippen LogP) is -0.982. The molecule has 0 unspecified atom stereocenters. The van der Waals surface area contributed by atoms with Crippen LogP contribution in [0.15, 0.2) is 34.8 Å². The number of aliphatic hydroxyl groups excluding tert-OH is 2. The summed E-state index contributed by atoms with van der Waals surface area (Å²) in [5.41, 5.74) is 6.92. The van der Waals surface area contributed by atoms with Gasteiger partial charge in [0, 0.05) is 11.5 Å². The Bertz CT molecular complexity index is 1250. The molecule has 0 spiro atoms. The number of primary amides is 1. The molecule has 0 saturated heterocycles. The molecule has 0 radical (unpaired) electrons. The number of nitrogens with zero attached hydrogens (tertiary/aromatic N) is 1. The third kappa shape index (κ3) is 3.32. The molecular formula is C23H26N4O8. The minimum Gasteiger partial charge on any atom is -0.510 e. The SMILES string of the molecule is CN(C)[C@@H]1C(O)=C(C(N)=O)C(=O)[C@@]2(O)C(O)=C3C(=O)c4c(ccc(NC(=O)CN)c4O)C[C@H]3C[C@@H]12. The van der Waals surface area contributed by atoms with Gasteiger partial charge in [-0.1, -0.05) is 6.07 Å². The molecule has 0 saturated carbocycles. The Labute approximate surface area is 199 Å². The minimum atomic E-state index is -2.70. The van der Waals surface area contributed by atoms with Crippen LogP contribution in [0.3, 0.4) is 0 Å². The topological polar surface area (TPSA) is 217 Å². The average molecular weight is 486 g/mol. The molecule has 1 aromatic carbocycles. The molecule has 1 aromatic rings. The van der Waals surface area contributed by atoms with Crippen molar-refractivity contribution < 1.29 is 39.6 Å². The van der Waals surface area contributed by atoms with Gasteiger partial charge in [0.25, 0.3) is 5.91 Å². The van der Waals surface area contributed by atoms with Crippen LogP contribution < -0.4 is 16.8 Å². The number of phenols is 1. The summed E-state index contributed by atoms with van der Waals surface area (Å²) in [7, 11) is 3.12. The first kappa shape index (κ1) is 24.4. The number of carbonyl (C=O) groups is 4. The number of Topliss-reactive ketones (excluding diaryl/α,β-unsaturated/α-hetero) is 2. The molecular weight excluding hydrogens is 460 g/mol. The Morgan fingerprint density at radius 2 is 1.86 bits per heavy atom. The van der Waals surface area contributed by atoms with E-state index in [1.165, 1.54) is 11.0 Å². The zero-order valence-corrected chi connectivity index (χ0v) is 19.0. The number of ketones is 2. The number of anilines is 1. The Kier molecular flexibility index (Phi) is 5.70. The number of nitrogens with two attached hydrogens (primary N) is 2. The number of nitrogens with one attached hydrogen (secondary N) is 1. The van der Waals surface area contributed by atoms with Crippen molar-refractivity contribution in [2.24, 2.45) is 23.3 Å². The molecule has 2 amide bonds. The monoisotopic (exact) mass is 486 g/mol. The number of likely N-dealkylation sites (N-methyl/N-ethyl adjacent to an activating group) is 1. The second-order valence-electron chi connectivity index (χ2n) is 9.21. The molecule has 0 aromatic heterocycles. The molecule has 186 valence electrons. The maximum absolute atomic E-state index is 13.5. The molecule has 35 heavy (non-hydrogen) atoms. The highest BCUT2D eigenvalue weighted by atomic mass is 16.3. The second-order valence-corrected chi connectivity index (χ2v) is 9.21. The first-order valence-electron chi connectivity index (χ1n) is 10.9. The average Bonchev–Trinajstić information content (AvgIpc) is 2.77. The van der Waals surface area contributed by atoms with E-state index in [0.29, 0.717) is 5.56 Å². The molecule has 4 rings (SSSR count). The standard InChI is InChI=1S/C23H26N4O8/c1-27(2)16-10-6-9-5-8-3-4-11(26-12(28)7-24)17(29)13(8)18(30)14(9)20(32)23(10,35)21(33)15(19(16)31)22(25)34/h3-4,9-10,16,29,31-32,35H,5-7,24H2,1-2H3,(H2,25,34)(H,26,28)/t9-,10-,16-,23-/m0/s1. The van der Waals surface area contributed by atoms with Crippen LogP contribution in [0.5, 0.6) is 5.75 Å². The maximum Gasteiger partial charge on any atom is 0.255 e. The van der Waals surface area contributed by atoms with Crippen LogP contribution in [0.25, 0.3) is 0 Å². The zero-order valence-electron chi connectivity index (χ0n) is 19.0. The molecule has 9 N–H and O–H groups in total. The van der Waals surface area contributed by atoms with Crippen molar-refractivity contribution in [3.8, 4) is 5.75 Å². The van der Waals surface area contributed by atoms with E-state index in [9.17, 15) is 39.6 Å². The van der Waals surface area contributed by atoms with Gasteiger partial charge in [0.2, 0.25) is 11.7 Å². The van der Waals surface area contributed by atoms with E-state index in [1.807, 2.05) is 0 Å². The van der Waals surface area contributed by atoms with Crippen molar-refractivity contribution in [1.29, 1.82) is 0 Å². The minimum absolute atomic E-state index is 0.00180. The molecule has 3 aliphatic rings. The van der Waals surface area contributed by atoms with E-state index < -0.39 is 69.7 Å². The number of aliphatic hydroxyl groups is 3. The van der Waals surface area contributed by atoms with Crippen LogP contribution in [0.2, 0.25) is 0 Å². The Morgan fingerprint density at radius 1 is 1.20 bits per heavy atom. The number of hydrogen-bond donors (Lipinski definition) is 7. The lowest BCUT2D eigenvalue weighted by Crippen LogP contribution is -2.63. The van der Waals surface area contributed by atoms with E-state index >= 15 is 0 Å². The van der Waals surface area contributed by atoms with E-state index in [1.54, 1.807) is 20.2 Å². The molecule has 0 heterocycles. The van der Waals surface area contributed by atoms with Crippen LogP contribution >= 0.6 is 0 Å². The number of phenolic OH excluding ortho intramolecular Hbond substituents is 1. The molecule has 3 aliphatic carbocycles. The van der Waals surface area contributed by atoms with Crippen molar-refractivity contribution in [1.82, 2.24) is 4.90 Å². The fraction of sp³-hybridized carbons (Fsp3) is 0.391. The van der Waals surface area contributed by atoms with Crippen LogP contribution in [-0.2, 0) is 20.8 Å². The summed E-state index contributed by atoms with van der Waals surface area (Å²) in [6.45, 7) is -0.357. The maximum atomic E-state index is 13.5. The number of carbonyl (C=O) groups excluding carboxylic acids is 4. The lowest BCUT2D eigenvalue weighted by molar-refractivity contribution is -0.148. The van der Waals surface area contributed by atoms with E-state index in [-0.39, 0.29) is 36.2 Å². The Balaban J connectivity index is 1.90. The van der Waals surface area contributed by atoms with Crippen LogP contribution in [0.1, 0.15) is 22.3 Å². The van der Waals surface area contributed by atoms with Gasteiger partial charge in [0.1, 0.15) is 17.1 Å². The van der Waals surface area contributed by atoms with Crippen LogP contribution in [0, 0.1) is 11.8 Å². The van der Waals surface area contributed by atoms with Gasteiger partial charge in [-0.05, 0) is 44.5 Å². The summed E-state index contributed by atoms with van der Waals surface area (Å²) in [6.07, 6.45) is 0.158. The van der Waals surface area contributed by atoms with Crippen molar-refractivity contribution in [2.75, 3.05) is 26.0 Å². The normalized spacial score (nSPS) is 28.0. The molecule has 0 bridgehead atoms. The highest BCUT2D eigenvalue weighted by Crippen LogP contribution is 2.52. The molecule has 0 aliphatic heterocycles. The number of aromatic hydroxyl groups is 1. The van der Waals surface area contributed by atoms with Gasteiger partial charge in [0.15, 0.2) is 17.1 Å². The second kappa shape index (κ2) is 8.18. The fourth-order valence-electron chi connectivity index (χ4n) is 5.53. The molecule has 12 nitrogen and oxygen atoms in total. The Hall–Kier alpha value is -3.74. The van der Waals surface area contributed by atoms with Gasteiger partial charge < -0.3 is 37.2 Å². The van der Waals surface area contributed by atoms with Gasteiger partial charge in [-0.3, -0.25) is 24.1 Å². The smallest absolute Gasteiger partial charge is 0.255 e. The highest BCUT2D eigenvalue weighted by Gasteiger charge is 2.63. The number of benzene rings is 1. The third-order valence-electron chi connectivity index (χ3n) is 7.05. The van der Waals surface area contributed by atoms with E-state index in [4.69, 9.17) is 11.5 Å². The van der Waals surface area contributed by atoms with Gasteiger partial charge >= 0.3 is 0 Å². The Morgan fingerprint density at radius 3 is 2.43 bits per heavy atom. The molecule has 12 heteroatoms. The van der Waals surface area contributed by atoms with Gasteiger partial charge in [0.05, 0.1) is 23.8 Å². The van der Waals surface area contributed by atoms with E-state index in [0.717, 1.165) is 0 Å². The quantitative estimate of drug-likeness (QED) is 0.204. The van der Waals surface area contributed by atoms with Crippen molar-refractivity contribution >= 4 is 29.1 Å². The zero-order chi connectivity index (χ0) is 26.0. The largest absolute Gasteiger partial charge is 0.510 e. The number of amides is 2. The number of allylic oxidation sites excluding steroid dienone is 1. The van der Waals surface area contributed by atoms with Crippen LogP contribution in [-0.4, -0.2) is 81.0 Å². The number of hydrogen-bond acceptors (Lipinski definition) is 10. The van der Waals surface area contributed by atoms with Crippen molar-refractivity contribution in [3.05, 3.63) is 45.9 Å². The van der Waals surface area contributed by atoms with Crippen LogP contribution in [0.4, 0.5) is 5.69 Å². The lowest BCUT2D eigenvalue weighted by atomic mass is 9.58. The number of rotatable bonds is 4. The number of fused-ring (bicyclic) bond motifs is 3. The summed E-state index contributed by atoms with van der Waals surface area (Å²) < 4.78 is 0. The van der Waals surface area contributed by atoms with E-state index in [2.05, 4.69) is 5.32 Å². The van der Waals surface area contributed by atoms with Crippen molar-refractivity contribution in [2.45, 2.75) is 24.5 Å². The summed E-state index contributed by atoms with van der Waals surface area (Å²) in [6, 6.07) is 1.91. The fourth-order valence-corrected chi connectivity index (χ4v) is 5.53. The first-order chi connectivity index (χ1) is 16.4. The van der Waals surface area contributed by atoms with Gasteiger partial charge in [-0.25, -0.2) is 0 Å². The predicted molar refractivity (Wildman–Crippen MR) is 121 cm³/mol. The molecule has 0 fully saturated rings. The summed E-state index contributed by atoms with van der Waals surface area (Å²) >= 11 is 0. The third-order valence-corrected chi connectivity index (χ3v) is 7.05. The molecule has 4 atom stereocenters. The summed E-state index contributed by atoms with van der Waals surface area (Å²) in [4.78, 5) is 51.9. The van der Waals surface area contributed by atoms with Gasteiger partial charge in [-0.2, -0.15) is 0 Å². The first-order valence-corrected chi connectivity index (χ1v) is 10.9.